The lowest BCUT2D eigenvalue weighted by molar-refractivity contribution is -0.383. The summed E-state index contributed by atoms with van der Waals surface area (Å²) in [5.74, 6) is -0.209. The summed E-state index contributed by atoms with van der Waals surface area (Å²) in [6, 6.07) is 11.9. The maximum atomic E-state index is 12.6. The maximum absolute atomic E-state index is 12.6. The molecule has 1 aliphatic rings. The zero-order valence-electron chi connectivity index (χ0n) is 14.1. The van der Waals surface area contributed by atoms with E-state index in [1.807, 2.05) is 24.3 Å². The van der Waals surface area contributed by atoms with E-state index in [4.69, 9.17) is 17.3 Å². The van der Waals surface area contributed by atoms with Crippen molar-refractivity contribution in [2.45, 2.75) is 6.54 Å². The molecule has 8 heteroatoms. The van der Waals surface area contributed by atoms with Crippen molar-refractivity contribution in [1.82, 2.24) is 9.80 Å². The Morgan fingerprint density at radius 1 is 1.12 bits per heavy atom. The fourth-order valence-corrected chi connectivity index (χ4v) is 3.10. The standard InChI is InChI=1S/C18H19ClN4O3/c19-15-4-1-13(2-5-15)12-21-7-9-22(10-8-21)18(24)14-3-6-16(20)17(11-14)23(25)26/h1-6,11H,7-10,12,20H2. The van der Waals surface area contributed by atoms with Gasteiger partial charge in [-0.15, -0.1) is 0 Å². The van der Waals surface area contributed by atoms with E-state index in [2.05, 4.69) is 4.90 Å². The number of hydrogen-bond donors (Lipinski definition) is 1. The molecule has 7 nitrogen and oxygen atoms in total. The van der Waals surface area contributed by atoms with Crippen LogP contribution in [0.5, 0.6) is 0 Å². The average Bonchev–Trinajstić information content (AvgIpc) is 2.64. The van der Waals surface area contributed by atoms with Gasteiger partial charge in [0, 0.05) is 49.4 Å². The molecule has 26 heavy (non-hydrogen) atoms. The number of nitrogens with zero attached hydrogens (tertiary/aromatic N) is 3. The Kier molecular flexibility index (Phi) is 5.39. The van der Waals surface area contributed by atoms with Gasteiger partial charge in [-0.05, 0) is 29.8 Å². The van der Waals surface area contributed by atoms with Crippen LogP contribution in [0.2, 0.25) is 5.02 Å². The van der Waals surface area contributed by atoms with E-state index in [9.17, 15) is 14.9 Å². The molecule has 2 aromatic rings. The lowest BCUT2D eigenvalue weighted by atomic mass is 10.1. The monoisotopic (exact) mass is 374 g/mol. The van der Waals surface area contributed by atoms with Gasteiger partial charge in [0.15, 0.2) is 0 Å². The molecule has 136 valence electrons. The third kappa shape index (κ3) is 4.12. The molecular formula is C18H19ClN4O3. The van der Waals surface area contributed by atoms with Crippen molar-refractivity contribution >= 4 is 28.9 Å². The molecular weight excluding hydrogens is 356 g/mol. The van der Waals surface area contributed by atoms with Gasteiger partial charge in [0.05, 0.1) is 4.92 Å². The zero-order chi connectivity index (χ0) is 18.7. The minimum atomic E-state index is -0.573. The lowest BCUT2D eigenvalue weighted by Gasteiger charge is -2.34. The largest absolute Gasteiger partial charge is 0.393 e. The first-order chi connectivity index (χ1) is 12.4. The van der Waals surface area contributed by atoms with E-state index in [1.165, 1.54) is 23.8 Å². The van der Waals surface area contributed by atoms with Crippen molar-refractivity contribution in [2.24, 2.45) is 0 Å². The Labute approximate surface area is 156 Å². The number of nitro groups is 1. The van der Waals surface area contributed by atoms with Crippen LogP contribution in [-0.2, 0) is 6.54 Å². The van der Waals surface area contributed by atoms with Crippen LogP contribution in [-0.4, -0.2) is 46.8 Å². The summed E-state index contributed by atoms with van der Waals surface area (Å²) in [5, 5.41) is 11.7. The van der Waals surface area contributed by atoms with Gasteiger partial charge >= 0.3 is 0 Å². The summed E-state index contributed by atoms with van der Waals surface area (Å²) in [4.78, 5) is 27.0. The molecule has 0 unspecified atom stereocenters. The van der Waals surface area contributed by atoms with E-state index < -0.39 is 4.92 Å². The highest BCUT2D eigenvalue weighted by Crippen LogP contribution is 2.23. The highest BCUT2D eigenvalue weighted by atomic mass is 35.5. The summed E-state index contributed by atoms with van der Waals surface area (Å²) in [7, 11) is 0. The quantitative estimate of drug-likeness (QED) is 0.504. The Balaban J connectivity index is 1.61. The van der Waals surface area contributed by atoms with Crippen LogP contribution >= 0.6 is 11.6 Å². The van der Waals surface area contributed by atoms with Crippen molar-refractivity contribution in [1.29, 1.82) is 0 Å². The molecule has 0 radical (unpaired) electrons. The Morgan fingerprint density at radius 3 is 2.38 bits per heavy atom. The van der Waals surface area contributed by atoms with Gasteiger partial charge in [-0.3, -0.25) is 19.8 Å². The van der Waals surface area contributed by atoms with Gasteiger partial charge < -0.3 is 10.6 Å². The number of carbonyl (C=O) groups is 1. The van der Waals surface area contributed by atoms with Crippen molar-refractivity contribution in [2.75, 3.05) is 31.9 Å². The normalized spacial score (nSPS) is 15.0. The second-order valence-electron chi connectivity index (χ2n) is 6.23. The number of halogens is 1. The number of nitro benzene ring substituents is 1. The first kappa shape index (κ1) is 18.2. The van der Waals surface area contributed by atoms with E-state index in [0.29, 0.717) is 18.1 Å². The molecule has 0 bridgehead atoms. The molecule has 1 saturated heterocycles. The Bertz CT molecular complexity index is 818. The molecule has 0 aliphatic carbocycles. The minimum absolute atomic E-state index is 0.0549. The van der Waals surface area contributed by atoms with E-state index >= 15 is 0 Å². The molecule has 0 spiro atoms. The van der Waals surface area contributed by atoms with Crippen molar-refractivity contribution < 1.29 is 9.72 Å². The van der Waals surface area contributed by atoms with Gasteiger partial charge in [0.1, 0.15) is 5.69 Å². The summed E-state index contributed by atoms with van der Waals surface area (Å²) in [5.41, 5.74) is 6.86. The average molecular weight is 375 g/mol. The number of amides is 1. The summed E-state index contributed by atoms with van der Waals surface area (Å²) in [6.45, 7) is 3.43. The molecule has 0 saturated carbocycles. The molecule has 1 amide bonds. The second kappa shape index (κ2) is 7.72. The van der Waals surface area contributed by atoms with Crippen LogP contribution in [0, 0.1) is 10.1 Å². The number of anilines is 1. The molecule has 2 aromatic carbocycles. The Morgan fingerprint density at radius 2 is 1.77 bits per heavy atom. The summed E-state index contributed by atoms with van der Waals surface area (Å²) in [6.07, 6.45) is 0. The predicted molar refractivity (Wildman–Crippen MR) is 100 cm³/mol. The third-order valence-corrected chi connectivity index (χ3v) is 4.71. The topological polar surface area (TPSA) is 92.7 Å². The predicted octanol–water partition coefficient (Wildman–Crippen LogP) is 2.79. The van der Waals surface area contributed by atoms with E-state index in [0.717, 1.165) is 19.6 Å². The van der Waals surface area contributed by atoms with Crippen LogP contribution < -0.4 is 5.73 Å². The number of nitrogen functional groups attached to an aromatic ring is 1. The van der Waals surface area contributed by atoms with Crippen molar-refractivity contribution in [3.05, 3.63) is 68.7 Å². The van der Waals surface area contributed by atoms with E-state index in [1.54, 1.807) is 4.90 Å². The molecule has 1 fully saturated rings. The number of piperazine rings is 1. The minimum Gasteiger partial charge on any atom is -0.393 e. The number of rotatable bonds is 4. The molecule has 3 rings (SSSR count). The molecule has 1 aliphatic heterocycles. The van der Waals surface area contributed by atoms with Crippen LogP contribution in [0.25, 0.3) is 0 Å². The van der Waals surface area contributed by atoms with Gasteiger partial charge in [-0.25, -0.2) is 0 Å². The highest BCUT2D eigenvalue weighted by Gasteiger charge is 2.24. The number of carbonyl (C=O) groups excluding carboxylic acids is 1. The lowest BCUT2D eigenvalue weighted by Crippen LogP contribution is -2.48. The zero-order valence-corrected chi connectivity index (χ0v) is 14.9. The van der Waals surface area contributed by atoms with Crippen molar-refractivity contribution in [3.8, 4) is 0 Å². The van der Waals surface area contributed by atoms with Crippen molar-refractivity contribution in [3.63, 3.8) is 0 Å². The van der Waals surface area contributed by atoms with Crippen LogP contribution in [0.4, 0.5) is 11.4 Å². The number of benzene rings is 2. The summed E-state index contributed by atoms with van der Waals surface area (Å²) < 4.78 is 0. The first-order valence-corrected chi connectivity index (χ1v) is 8.62. The highest BCUT2D eigenvalue weighted by molar-refractivity contribution is 6.30. The molecule has 2 N–H and O–H groups in total. The van der Waals surface area contributed by atoms with Gasteiger partial charge in [0.2, 0.25) is 0 Å². The van der Waals surface area contributed by atoms with E-state index in [-0.39, 0.29) is 22.8 Å². The van der Waals surface area contributed by atoms with Crippen LogP contribution in [0.15, 0.2) is 42.5 Å². The molecule has 0 atom stereocenters. The fraction of sp³-hybridized carbons (Fsp3) is 0.278. The Hall–Kier alpha value is -2.64. The fourth-order valence-electron chi connectivity index (χ4n) is 2.97. The van der Waals surface area contributed by atoms with Gasteiger partial charge in [0.25, 0.3) is 11.6 Å². The van der Waals surface area contributed by atoms with Gasteiger partial charge in [-0.2, -0.15) is 0 Å². The van der Waals surface area contributed by atoms with Crippen LogP contribution in [0.1, 0.15) is 15.9 Å². The number of hydrogen-bond acceptors (Lipinski definition) is 5. The summed E-state index contributed by atoms with van der Waals surface area (Å²) >= 11 is 5.90. The number of nitrogens with two attached hydrogens (primary N) is 1. The SMILES string of the molecule is Nc1ccc(C(=O)N2CCN(Cc3ccc(Cl)cc3)CC2)cc1[N+](=O)[O-]. The third-order valence-electron chi connectivity index (χ3n) is 4.45. The first-order valence-electron chi connectivity index (χ1n) is 8.24. The maximum Gasteiger partial charge on any atom is 0.292 e. The molecule has 1 heterocycles. The van der Waals surface area contributed by atoms with Crippen LogP contribution in [0.3, 0.4) is 0 Å². The van der Waals surface area contributed by atoms with Gasteiger partial charge in [-0.1, -0.05) is 23.7 Å². The molecule has 0 aromatic heterocycles. The second-order valence-corrected chi connectivity index (χ2v) is 6.66. The smallest absolute Gasteiger partial charge is 0.292 e.